The van der Waals surface area contributed by atoms with Gasteiger partial charge in [0, 0.05) is 38.8 Å². The number of hydrogen-bond donors (Lipinski definition) is 1. The van der Waals surface area contributed by atoms with Crippen LogP contribution in [0.4, 0.5) is 0 Å². The van der Waals surface area contributed by atoms with Crippen LogP contribution >= 0.6 is 0 Å². The molecule has 2 amide bonds. The van der Waals surface area contributed by atoms with Crippen molar-refractivity contribution in [3.63, 3.8) is 0 Å². The monoisotopic (exact) mass is 309 g/mol. The van der Waals surface area contributed by atoms with Crippen LogP contribution < -0.4 is 5.32 Å². The summed E-state index contributed by atoms with van der Waals surface area (Å²) < 4.78 is 5.46. The molecule has 2 aliphatic heterocycles. The summed E-state index contributed by atoms with van der Waals surface area (Å²) >= 11 is 0. The molecule has 1 saturated carbocycles. The van der Waals surface area contributed by atoms with Gasteiger partial charge in [-0.3, -0.25) is 14.5 Å². The van der Waals surface area contributed by atoms with E-state index in [1.807, 2.05) is 4.90 Å². The Morgan fingerprint density at radius 1 is 1.00 bits per heavy atom. The zero-order valence-electron chi connectivity index (χ0n) is 13.3. The average molecular weight is 309 g/mol. The molecule has 6 heteroatoms. The average Bonchev–Trinajstić information content (AvgIpc) is 3.20. The summed E-state index contributed by atoms with van der Waals surface area (Å²) in [6.45, 7) is 4.12. The quantitative estimate of drug-likeness (QED) is 0.815. The molecule has 6 nitrogen and oxygen atoms in total. The molecule has 1 unspecified atom stereocenters. The number of nitrogens with one attached hydrogen (secondary N) is 1. The van der Waals surface area contributed by atoms with E-state index in [1.165, 1.54) is 12.8 Å². The molecular weight excluding hydrogens is 282 g/mol. The van der Waals surface area contributed by atoms with Gasteiger partial charge >= 0.3 is 0 Å². The normalized spacial score (nSPS) is 27.3. The van der Waals surface area contributed by atoms with Gasteiger partial charge in [-0.1, -0.05) is 12.8 Å². The Hall–Kier alpha value is -1.14. The van der Waals surface area contributed by atoms with Gasteiger partial charge < -0.3 is 15.0 Å². The molecule has 1 aliphatic carbocycles. The summed E-state index contributed by atoms with van der Waals surface area (Å²) in [6, 6.07) is 0.384. The number of nitrogens with zero attached hydrogens (tertiary/aromatic N) is 2. The first-order valence-corrected chi connectivity index (χ1v) is 8.64. The third-order valence-electron chi connectivity index (χ3n) is 4.98. The van der Waals surface area contributed by atoms with Crippen molar-refractivity contribution in [2.45, 2.75) is 50.7 Å². The lowest BCUT2D eigenvalue weighted by Crippen LogP contribution is -2.53. The molecule has 0 aromatic heterocycles. The van der Waals surface area contributed by atoms with Crippen molar-refractivity contribution in [3.8, 4) is 0 Å². The van der Waals surface area contributed by atoms with Gasteiger partial charge in [0.15, 0.2) is 0 Å². The molecule has 0 bridgehead atoms. The lowest BCUT2D eigenvalue weighted by molar-refractivity contribution is -0.142. The van der Waals surface area contributed by atoms with Crippen LogP contribution in [0.25, 0.3) is 0 Å². The summed E-state index contributed by atoms with van der Waals surface area (Å²) in [5.41, 5.74) is 0. The third-order valence-corrected chi connectivity index (χ3v) is 4.98. The SMILES string of the molecule is O=C(CN1CCN(C(=O)C2CCCO2)CC1)NC1CCCC1. The van der Waals surface area contributed by atoms with Gasteiger partial charge in [-0.15, -0.1) is 0 Å². The van der Waals surface area contributed by atoms with Crippen molar-refractivity contribution >= 4 is 11.8 Å². The van der Waals surface area contributed by atoms with Crippen molar-refractivity contribution in [3.05, 3.63) is 0 Å². The van der Waals surface area contributed by atoms with E-state index in [-0.39, 0.29) is 17.9 Å². The van der Waals surface area contributed by atoms with Gasteiger partial charge in [0.2, 0.25) is 5.91 Å². The maximum atomic E-state index is 12.3. The Morgan fingerprint density at radius 2 is 1.73 bits per heavy atom. The molecule has 1 atom stereocenters. The van der Waals surface area contributed by atoms with Crippen LogP contribution in [0.15, 0.2) is 0 Å². The first-order chi connectivity index (χ1) is 10.7. The Balaban J connectivity index is 1.37. The highest BCUT2D eigenvalue weighted by Crippen LogP contribution is 2.18. The number of carbonyl (C=O) groups excluding carboxylic acids is 2. The molecule has 2 heterocycles. The second kappa shape index (κ2) is 7.42. The topological polar surface area (TPSA) is 61.9 Å². The fraction of sp³-hybridized carbons (Fsp3) is 0.875. The molecule has 2 saturated heterocycles. The van der Waals surface area contributed by atoms with Gasteiger partial charge in [-0.05, 0) is 25.7 Å². The van der Waals surface area contributed by atoms with Crippen molar-refractivity contribution in [2.75, 3.05) is 39.3 Å². The van der Waals surface area contributed by atoms with E-state index in [9.17, 15) is 9.59 Å². The standard InChI is InChI=1S/C16H27N3O3/c20-15(17-13-4-1-2-5-13)12-18-7-9-19(10-8-18)16(21)14-6-3-11-22-14/h13-14H,1-12H2,(H,17,20). The maximum Gasteiger partial charge on any atom is 0.251 e. The second-order valence-corrected chi connectivity index (χ2v) is 6.65. The van der Waals surface area contributed by atoms with E-state index in [2.05, 4.69) is 10.2 Å². The number of carbonyl (C=O) groups is 2. The van der Waals surface area contributed by atoms with Crippen LogP contribution in [0.5, 0.6) is 0 Å². The minimum Gasteiger partial charge on any atom is -0.368 e. The van der Waals surface area contributed by atoms with Gasteiger partial charge in [0.05, 0.1) is 6.54 Å². The Kier molecular flexibility index (Phi) is 5.31. The third kappa shape index (κ3) is 3.98. The maximum absolute atomic E-state index is 12.3. The van der Waals surface area contributed by atoms with Crippen LogP contribution in [-0.2, 0) is 14.3 Å². The molecular formula is C16H27N3O3. The molecule has 0 spiro atoms. The van der Waals surface area contributed by atoms with Crippen molar-refractivity contribution in [1.82, 2.24) is 15.1 Å². The van der Waals surface area contributed by atoms with Crippen molar-refractivity contribution in [1.29, 1.82) is 0 Å². The predicted octanol–water partition coefficient (Wildman–Crippen LogP) is 0.368. The number of amides is 2. The smallest absolute Gasteiger partial charge is 0.251 e. The lowest BCUT2D eigenvalue weighted by atomic mass is 10.2. The largest absolute Gasteiger partial charge is 0.368 e. The Morgan fingerprint density at radius 3 is 2.36 bits per heavy atom. The molecule has 0 aromatic carbocycles. The first kappa shape index (κ1) is 15.7. The fourth-order valence-electron chi connectivity index (χ4n) is 3.65. The van der Waals surface area contributed by atoms with Crippen LogP contribution in [0.1, 0.15) is 38.5 Å². The minimum absolute atomic E-state index is 0.130. The summed E-state index contributed by atoms with van der Waals surface area (Å²) in [7, 11) is 0. The van der Waals surface area contributed by atoms with Crippen LogP contribution in [0.3, 0.4) is 0 Å². The Bertz CT molecular complexity index is 395. The number of piperazine rings is 1. The zero-order valence-corrected chi connectivity index (χ0v) is 13.3. The summed E-state index contributed by atoms with van der Waals surface area (Å²) in [5, 5.41) is 3.12. The van der Waals surface area contributed by atoms with E-state index in [1.54, 1.807) is 0 Å². The zero-order chi connectivity index (χ0) is 15.4. The van der Waals surface area contributed by atoms with E-state index >= 15 is 0 Å². The van der Waals surface area contributed by atoms with Crippen LogP contribution in [0, 0.1) is 0 Å². The highest BCUT2D eigenvalue weighted by Gasteiger charge is 2.30. The molecule has 1 N–H and O–H groups in total. The highest BCUT2D eigenvalue weighted by molar-refractivity contribution is 5.81. The summed E-state index contributed by atoms with van der Waals surface area (Å²) in [5.74, 6) is 0.262. The van der Waals surface area contributed by atoms with Gasteiger partial charge in [-0.25, -0.2) is 0 Å². The van der Waals surface area contributed by atoms with E-state index in [0.717, 1.165) is 38.8 Å². The molecule has 3 aliphatic rings. The molecule has 3 fully saturated rings. The molecule has 124 valence electrons. The highest BCUT2D eigenvalue weighted by atomic mass is 16.5. The molecule has 0 radical (unpaired) electrons. The number of rotatable bonds is 4. The number of ether oxygens (including phenoxy) is 1. The lowest BCUT2D eigenvalue weighted by Gasteiger charge is -2.35. The minimum atomic E-state index is -0.225. The van der Waals surface area contributed by atoms with E-state index in [4.69, 9.17) is 4.74 Å². The van der Waals surface area contributed by atoms with Crippen LogP contribution in [0.2, 0.25) is 0 Å². The first-order valence-electron chi connectivity index (χ1n) is 8.64. The number of hydrogen-bond acceptors (Lipinski definition) is 4. The Labute approximate surface area is 132 Å². The fourth-order valence-corrected chi connectivity index (χ4v) is 3.65. The van der Waals surface area contributed by atoms with Crippen molar-refractivity contribution in [2.24, 2.45) is 0 Å². The summed E-state index contributed by atoms with van der Waals surface area (Å²) in [4.78, 5) is 28.3. The van der Waals surface area contributed by atoms with Gasteiger partial charge in [0.1, 0.15) is 6.10 Å². The van der Waals surface area contributed by atoms with Gasteiger partial charge in [-0.2, -0.15) is 0 Å². The molecule has 22 heavy (non-hydrogen) atoms. The van der Waals surface area contributed by atoms with E-state index < -0.39 is 0 Å². The molecule has 3 rings (SSSR count). The van der Waals surface area contributed by atoms with Crippen LogP contribution in [-0.4, -0.2) is 73.1 Å². The van der Waals surface area contributed by atoms with Gasteiger partial charge in [0.25, 0.3) is 5.91 Å². The second-order valence-electron chi connectivity index (χ2n) is 6.65. The predicted molar refractivity (Wildman–Crippen MR) is 82.4 cm³/mol. The summed E-state index contributed by atoms with van der Waals surface area (Å²) in [6.07, 6.45) is 6.31. The molecule has 0 aromatic rings. The van der Waals surface area contributed by atoms with E-state index in [0.29, 0.717) is 32.3 Å². The van der Waals surface area contributed by atoms with Crippen molar-refractivity contribution < 1.29 is 14.3 Å².